The van der Waals surface area contributed by atoms with Crippen LogP contribution in [0, 0.1) is 0 Å². The summed E-state index contributed by atoms with van der Waals surface area (Å²) in [5.41, 5.74) is 11.2. The van der Waals surface area contributed by atoms with Crippen molar-refractivity contribution in [3.63, 3.8) is 0 Å². The van der Waals surface area contributed by atoms with E-state index in [0.29, 0.717) is 25.1 Å². The molecule has 3 amide bonds. The molecule has 0 radical (unpaired) electrons. The highest BCUT2D eigenvalue weighted by Gasteiger charge is 2.30. The van der Waals surface area contributed by atoms with Crippen molar-refractivity contribution in [1.29, 1.82) is 0 Å². The molecule has 33 heavy (non-hydrogen) atoms. The van der Waals surface area contributed by atoms with Gasteiger partial charge in [0, 0.05) is 12.2 Å². The average Bonchev–Trinajstić information content (AvgIpc) is 2.77. The predicted molar refractivity (Wildman–Crippen MR) is 128 cm³/mol. The zero-order valence-corrected chi connectivity index (χ0v) is 20.3. The molecule has 12 nitrogen and oxygen atoms in total. The lowest BCUT2D eigenvalue weighted by Gasteiger charge is -2.25. The number of hydrogen-bond donors (Lipinski definition) is 8. The Morgan fingerprint density at radius 3 is 1.91 bits per heavy atom. The van der Waals surface area contributed by atoms with Crippen molar-refractivity contribution in [2.75, 3.05) is 24.3 Å². The fourth-order valence-electron chi connectivity index (χ4n) is 2.70. The lowest BCUT2D eigenvalue weighted by Crippen LogP contribution is -2.57. The van der Waals surface area contributed by atoms with Gasteiger partial charge in [0.25, 0.3) is 0 Å². The van der Waals surface area contributed by atoms with Crippen LogP contribution in [-0.2, 0) is 24.0 Å². The summed E-state index contributed by atoms with van der Waals surface area (Å²) in [7, 11) is 0. The molecule has 0 aromatic carbocycles. The van der Waals surface area contributed by atoms with Crippen molar-refractivity contribution in [3.05, 3.63) is 0 Å². The van der Waals surface area contributed by atoms with Crippen LogP contribution in [0.5, 0.6) is 0 Å². The first-order valence-corrected chi connectivity index (χ1v) is 12.5. The number of amides is 3. The van der Waals surface area contributed by atoms with Gasteiger partial charge < -0.3 is 37.6 Å². The Kier molecular flexibility index (Phi) is 16.4. The molecule has 0 saturated carbocycles. The molecule has 0 bridgehead atoms. The first-order chi connectivity index (χ1) is 15.6. The third kappa shape index (κ3) is 13.3. The number of thioether (sulfide) groups is 1. The zero-order chi connectivity index (χ0) is 25.4. The summed E-state index contributed by atoms with van der Waals surface area (Å²) in [5.74, 6) is -3.96. The van der Waals surface area contributed by atoms with E-state index in [9.17, 15) is 29.1 Å². The highest BCUT2D eigenvalue weighted by Crippen LogP contribution is 2.07. The SMILES string of the molecule is CSCCC(NC(=O)C(CCCCN)NC(=O)C(N)CS)C(=O)NC(CCC(=O)O)C(=O)O. The highest BCUT2D eigenvalue weighted by molar-refractivity contribution is 7.98. The summed E-state index contributed by atoms with van der Waals surface area (Å²) in [6.45, 7) is 0.407. The van der Waals surface area contributed by atoms with Gasteiger partial charge in [-0.2, -0.15) is 24.4 Å². The first kappa shape index (κ1) is 31.0. The van der Waals surface area contributed by atoms with E-state index in [1.807, 2.05) is 0 Å². The highest BCUT2D eigenvalue weighted by atomic mass is 32.2. The van der Waals surface area contributed by atoms with Crippen LogP contribution < -0.4 is 27.4 Å². The number of rotatable bonds is 18. The summed E-state index contributed by atoms with van der Waals surface area (Å²) in [6.07, 6.45) is 2.68. The third-order valence-corrected chi connectivity index (χ3v) is 5.66. The van der Waals surface area contributed by atoms with Gasteiger partial charge in [-0.25, -0.2) is 4.79 Å². The quantitative estimate of drug-likeness (QED) is 0.0793. The van der Waals surface area contributed by atoms with Crippen LogP contribution in [0.1, 0.15) is 38.5 Å². The average molecular weight is 510 g/mol. The molecule has 0 aliphatic carbocycles. The largest absolute Gasteiger partial charge is 0.481 e. The number of aliphatic carboxylic acids is 2. The predicted octanol–water partition coefficient (Wildman–Crippen LogP) is -1.47. The molecule has 0 saturated heterocycles. The zero-order valence-electron chi connectivity index (χ0n) is 18.6. The van der Waals surface area contributed by atoms with E-state index in [2.05, 4.69) is 28.6 Å². The van der Waals surface area contributed by atoms with E-state index >= 15 is 0 Å². The fourth-order valence-corrected chi connectivity index (χ4v) is 3.33. The number of carboxylic acid groups (broad SMARTS) is 2. The van der Waals surface area contributed by atoms with Gasteiger partial charge in [0.2, 0.25) is 17.7 Å². The standard InChI is InChI=1S/C19H35N5O7S2/c1-33-9-7-13(18(29)24-14(19(30)31)5-6-15(25)26)23-17(28)12(4-2-3-8-20)22-16(27)11(21)10-32/h11-14,32H,2-10,20-21H2,1H3,(H,22,27)(H,23,28)(H,24,29)(H,25,26)(H,30,31). The lowest BCUT2D eigenvalue weighted by atomic mass is 10.1. The normalized spacial score (nSPS) is 14.4. The van der Waals surface area contributed by atoms with Crippen LogP contribution in [0.3, 0.4) is 0 Å². The van der Waals surface area contributed by atoms with Crippen molar-refractivity contribution in [3.8, 4) is 0 Å². The van der Waals surface area contributed by atoms with Crippen molar-refractivity contribution in [2.24, 2.45) is 11.5 Å². The Hall–Kier alpha value is -2.03. The molecule has 0 aromatic heterocycles. The van der Waals surface area contributed by atoms with Crippen molar-refractivity contribution < 1.29 is 34.2 Å². The Balaban J connectivity index is 5.40. The lowest BCUT2D eigenvalue weighted by molar-refractivity contribution is -0.143. The summed E-state index contributed by atoms with van der Waals surface area (Å²) < 4.78 is 0. The minimum absolute atomic E-state index is 0.0780. The summed E-state index contributed by atoms with van der Waals surface area (Å²) in [4.78, 5) is 60.0. The maximum absolute atomic E-state index is 12.9. The maximum Gasteiger partial charge on any atom is 0.326 e. The molecular weight excluding hydrogens is 474 g/mol. The van der Waals surface area contributed by atoms with Crippen LogP contribution in [0.4, 0.5) is 0 Å². The molecule has 0 fully saturated rings. The smallest absolute Gasteiger partial charge is 0.326 e. The molecule has 0 aliphatic heterocycles. The van der Waals surface area contributed by atoms with E-state index in [1.165, 1.54) is 11.8 Å². The molecule has 0 spiro atoms. The fraction of sp³-hybridized carbons (Fsp3) is 0.737. The van der Waals surface area contributed by atoms with Gasteiger partial charge in [0.15, 0.2) is 0 Å². The topological polar surface area (TPSA) is 214 Å². The molecule has 190 valence electrons. The Bertz CT molecular complexity index is 668. The van der Waals surface area contributed by atoms with Crippen LogP contribution >= 0.6 is 24.4 Å². The van der Waals surface area contributed by atoms with Crippen molar-refractivity contribution in [2.45, 2.75) is 62.7 Å². The number of unbranched alkanes of at least 4 members (excludes halogenated alkanes) is 1. The second-order valence-corrected chi connectivity index (χ2v) is 8.66. The summed E-state index contributed by atoms with van der Waals surface area (Å²) >= 11 is 5.39. The van der Waals surface area contributed by atoms with Gasteiger partial charge in [0.05, 0.1) is 6.04 Å². The minimum atomic E-state index is -1.42. The van der Waals surface area contributed by atoms with Crippen LogP contribution in [0.15, 0.2) is 0 Å². The van der Waals surface area contributed by atoms with Gasteiger partial charge in [-0.05, 0) is 50.7 Å². The van der Waals surface area contributed by atoms with Gasteiger partial charge in [-0.3, -0.25) is 19.2 Å². The number of nitrogens with one attached hydrogen (secondary N) is 3. The number of nitrogens with two attached hydrogens (primary N) is 2. The van der Waals surface area contributed by atoms with E-state index in [4.69, 9.17) is 16.6 Å². The molecule has 0 aliphatic rings. The van der Waals surface area contributed by atoms with Gasteiger partial charge in [-0.15, -0.1) is 0 Å². The number of hydrogen-bond acceptors (Lipinski definition) is 9. The molecule has 14 heteroatoms. The molecular formula is C19H35N5O7S2. The van der Waals surface area contributed by atoms with Crippen LogP contribution in [0.25, 0.3) is 0 Å². The van der Waals surface area contributed by atoms with E-state index in [0.717, 1.165) is 0 Å². The van der Waals surface area contributed by atoms with E-state index < -0.39 is 60.2 Å². The Morgan fingerprint density at radius 1 is 0.879 bits per heavy atom. The molecule has 0 heterocycles. The molecule has 9 N–H and O–H groups in total. The van der Waals surface area contributed by atoms with Crippen LogP contribution in [-0.4, -0.2) is 88.3 Å². The van der Waals surface area contributed by atoms with Crippen molar-refractivity contribution >= 4 is 54.1 Å². The monoisotopic (exact) mass is 509 g/mol. The van der Waals surface area contributed by atoms with Gasteiger partial charge in [-0.1, -0.05) is 0 Å². The Morgan fingerprint density at radius 2 is 1.42 bits per heavy atom. The van der Waals surface area contributed by atoms with E-state index in [1.54, 1.807) is 6.26 Å². The van der Waals surface area contributed by atoms with Gasteiger partial charge >= 0.3 is 11.9 Å². The third-order valence-electron chi connectivity index (χ3n) is 4.62. The number of thiol groups is 1. The minimum Gasteiger partial charge on any atom is -0.481 e. The summed E-state index contributed by atoms with van der Waals surface area (Å²) in [6, 6.07) is -4.39. The molecule has 4 atom stereocenters. The van der Waals surface area contributed by atoms with Crippen molar-refractivity contribution in [1.82, 2.24) is 16.0 Å². The second-order valence-electron chi connectivity index (χ2n) is 7.31. The van der Waals surface area contributed by atoms with E-state index in [-0.39, 0.29) is 25.0 Å². The van der Waals surface area contributed by atoms with Crippen LogP contribution in [0.2, 0.25) is 0 Å². The first-order valence-electron chi connectivity index (χ1n) is 10.5. The maximum atomic E-state index is 12.9. The summed E-state index contributed by atoms with van der Waals surface area (Å²) in [5, 5.41) is 25.5. The Labute approximate surface area is 202 Å². The second kappa shape index (κ2) is 17.4. The number of carbonyl (C=O) groups excluding carboxylic acids is 3. The molecule has 0 rings (SSSR count). The number of carbonyl (C=O) groups is 5. The number of carboxylic acids is 2. The molecule has 0 aromatic rings. The molecule has 4 unspecified atom stereocenters. The van der Waals surface area contributed by atoms with Gasteiger partial charge in [0.1, 0.15) is 18.1 Å².